The lowest BCUT2D eigenvalue weighted by molar-refractivity contribution is -0.129. The highest BCUT2D eigenvalue weighted by Crippen LogP contribution is 2.33. The second-order valence-electron chi connectivity index (χ2n) is 6.65. The van der Waals surface area contributed by atoms with Crippen LogP contribution in [0.25, 0.3) is 0 Å². The average Bonchev–Trinajstić information content (AvgIpc) is 3.43. The average molecular weight is 414 g/mol. The molecule has 0 atom stereocenters. The van der Waals surface area contributed by atoms with Crippen LogP contribution < -0.4 is 9.47 Å². The number of methoxy groups -OCH3 is 2. The molecule has 0 fully saturated rings. The fourth-order valence-corrected chi connectivity index (χ4v) is 4.17. The highest BCUT2D eigenvalue weighted by atomic mass is 32.2. The molecule has 4 rings (SSSR count). The van der Waals surface area contributed by atoms with Crippen molar-refractivity contribution in [2.75, 3.05) is 26.5 Å². The maximum atomic E-state index is 12.8. The van der Waals surface area contributed by atoms with Crippen molar-refractivity contribution < 1.29 is 18.7 Å². The summed E-state index contributed by atoms with van der Waals surface area (Å²) in [5, 5.41) is 8.78. The number of carbonyl (C=O) groups excluding carboxylic acids is 1. The molecule has 2 aromatic heterocycles. The molecule has 3 aromatic rings. The lowest BCUT2D eigenvalue weighted by Gasteiger charge is -2.29. The lowest BCUT2D eigenvalue weighted by atomic mass is 9.99. The van der Waals surface area contributed by atoms with Crippen molar-refractivity contribution in [3.05, 3.63) is 53.7 Å². The van der Waals surface area contributed by atoms with Crippen LogP contribution in [0.2, 0.25) is 0 Å². The third kappa shape index (κ3) is 4.24. The van der Waals surface area contributed by atoms with E-state index in [1.807, 2.05) is 33.7 Å². The van der Waals surface area contributed by atoms with Crippen molar-refractivity contribution in [3.8, 4) is 11.5 Å². The topological polar surface area (TPSA) is 82.6 Å². The SMILES string of the molecule is COc1cc2c(cc1OC)CN(C(=O)CSc1nncn1Cc1ccco1)CC2. The van der Waals surface area contributed by atoms with E-state index in [4.69, 9.17) is 13.9 Å². The number of ether oxygens (including phenoxy) is 2. The lowest BCUT2D eigenvalue weighted by Crippen LogP contribution is -2.37. The molecule has 152 valence electrons. The fraction of sp³-hybridized carbons (Fsp3) is 0.350. The Morgan fingerprint density at radius 1 is 1.24 bits per heavy atom. The van der Waals surface area contributed by atoms with E-state index < -0.39 is 0 Å². The molecule has 3 heterocycles. The van der Waals surface area contributed by atoms with E-state index in [1.54, 1.807) is 26.8 Å². The zero-order valence-corrected chi connectivity index (χ0v) is 17.1. The van der Waals surface area contributed by atoms with E-state index in [2.05, 4.69) is 10.2 Å². The van der Waals surface area contributed by atoms with Crippen molar-refractivity contribution in [2.45, 2.75) is 24.7 Å². The van der Waals surface area contributed by atoms with Crippen molar-refractivity contribution >= 4 is 17.7 Å². The molecule has 0 bridgehead atoms. The van der Waals surface area contributed by atoms with E-state index in [0.29, 0.717) is 36.3 Å². The maximum Gasteiger partial charge on any atom is 0.233 e. The third-order valence-corrected chi connectivity index (χ3v) is 5.85. The molecule has 9 heteroatoms. The molecule has 1 aromatic carbocycles. The molecule has 0 aliphatic carbocycles. The first-order valence-electron chi connectivity index (χ1n) is 9.22. The van der Waals surface area contributed by atoms with Crippen LogP contribution in [-0.4, -0.2) is 52.1 Å². The second-order valence-corrected chi connectivity index (χ2v) is 7.59. The van der Waals surface area contributed by atoms with E-state index in [-0.39, 0.29) is 5.91 Å². The Labute approximate surface area is 172 Å². The zero-order valence-electron chi connectivity index (χ0n) is 16.3. The predicted molar refractivity (Wildman–Crippen MR) is 107 cm³/mol. The number of furan rings is 1. The van der Waals surface area contributed by atoms with Crippen molar-refractivity contribution in [1.29, 1.82) is 0 Å². The van der Waals surface area contributed by atoms with Gasteiger partial charge in [0.05, 0.1) is 32.8 Å². The summed E-state index contributed by atoms with van der Waals surface area (Å²) in [4.78, 5) is 14.7. The van der Waals surface area contributed by atoms with Gasteiger partial charge in [-0.2, -0.15) is 0 Å². The minimum absolute atomic E-state index is 0.0722. The second kappa shape index (κ2) is 8.60. The number of carbonyl (C=O) groups is 1. The van der Waals surface area contributed by atoms with Gasteiger partial charge in [0, 0.05) is 13.1 Å². The van der Waals surface area contributed by atoms with Crippen molar-refractivity contribution in [3.63, 3.8) is 0 Å². The van der Waals surface area contributed by atoms with Gasteiger partial charge in [0.2, 0.25) is 5.91 Å². The molecule has 1 aliphatic rings. The monoisotopic (exact) mass is 414 g/mol. The van der Waals surface area contributed by atoms with Crippen LogP contribution in [0.15, 0.2) is 46.4 Å². The Hall–Kier alpha value is -2.94. The minimum Gasteiger partial charge on any atom is -0.493 e. The Morgan fingerprint density at radius 3 is 2.76 bits per heavy atom. The summed E-state index contributed by atoms with van der Waals surface area (Å²) >= 11 is 1.38. The molecule has 1 aliphatic heterocycles. The Kier molecular flexibility index (Phi) is 5.75. The van der Waals surface area contributed by atoms with Crippen LogP contribution in [0, 0.1) is 0 Å². The normalized spacial score (nSPS) is 13.2. The van der Waals surface area contributed by atoms with Crippen LogP contribution in [0.5, 0.6) is 11.5 Å². The summed E-state index contributed by atoms with van der Waals surface area (Å²) in [6.45, 7) is 1.78. The van der Waals surface area contributed by atoms with Gasteiger partial charge in [0.1, 0.15) is 12.1 Å². The highest BCUT2D eigenvalue weighted by molar-refractivity contribution is 7.99. The van der Waals surface area contributed by atoms with Gasteiger partial charge in [-0.3, -0.25) is 4.79 Å². The molecule has 0 spiro atoms. The van der Waals surface area contributed by atoms with Gasteiger partial charge < -0.3 is 23.4 Å². The summed E-state index contributed by atoms with van der Waals surface area (Å²) in [5.74, 6) is 2.59. The molecule has 29 heavy (non-hydrogen) atoms. The molecular weight excluding hydrogens is 392 g/mol. The highest BCUT2D eigenvalue weighted by Gasteiger charge is 2.23. The number of nitrogens with zero attached hydrogens (tertiary/aromatic N) is 4. The number of thioether (sulfide) groups is 1. The molecule has 1 amide bonds. The number of hydrogen-bond donors (Lipinski definition) is 0. The molecule has 0 saturated carbocycles. The van der Waals surface area contributed by atoms with E-state index in [9.17, 15) is 4.79 Å². The fourth-order valence-electron chi connectivity index (χ4n) is 3.35. The van der Waals surface area contributed by atoms with Gasteiger partial charge in [-0.1, -0.05) is 11.8 Å². The van der Waals surface area contributed by atoms with Gasteiger partial charge in [-0.15, -0.1) is 10.2 Å². The first kappa shape index (κ1) is 19.4. The predicted octanol–water partition coefficient (Wildman–Crippen LogP) is 2.61. The number of hydrogen-bond acceptors (Lipinski definition) is 7. The molecular formula is C20H22N4O4S. The van der Waals surface area contributed by atoms with Crippen LogP contribution in [0.4, 0.5) is 0 Å². The smallest absolute Gasteiger partial charge is 0.233 e. The summed E-state index contributed by atoms with van der Waals surface area (Å²) in [7, 11) is 3.25. The summed E-state index contributed by atoms with van der Waals surface area (Å²) in [6, 6.07) is 7.70. The van der Waals surface area contributed by atoms with Crippen LogP contribution in [-0.2, 0) is 24.3 Å². The van der Waals surface area contributed by atoms with Crippen molar-refractivity contribution in [1.82, 2.24) is 19.7 Å². The third-order valence-electron chi connectivity index (χ3n) is 4.88. The van der Waals surface area contributed by atoms with E-state index >= 15 is 0 Å². The molecule has 0 unspecified atom stereocenters. The van der Waals surface area contributed by atoms with Crippen LogP contribution >= 0.6 is 11.8 Å². The van der Waals surface area contributed by atoms with Gasteiger partial charge in [0.25, 0.3) is 0 Å². The molecule has 0 radical (unpaired) electrons. The zero-order chi connectivity index (χ0) is 20.2. The first-order valence-corrected chi connectivity index (χ1v) is 10.2. The standard InChI is InChI=1S/C20H22N4O4S/c1-26-17-8-14-5-6-23(10-15(14)9-18(17)27-2)19(25)12-29-20-22-21-13-24(20)11-16-4-3-7-28-16/h3-4,7-9,13H,5-6,10-12H2,1-2H3. The van der Waals surface area contributed by atoms with Gasteiger partial charge in [-0.25, -0.2) is 0 Å². The number of benzene rings is 1. The van der Waals surface area contributed by atoms with Gasteiger partial charge in [-0.05, 0) is 41.8 Å². The number of fused-ring (bicyclic) bond motifs is 1. The molecule has 0 N–H and O–H groups in total. The van der Waals surface area contributed by atoms with Crippen LogP contribution in [0.1, 0.15) is 16.9 Å². The first-order chi connectivity index (χ1) is 14.2. The van der Waals surface area contributed by atoms with Crippen LogP contribution in [0.3, 0.4) is 0 Å². The Morgan fingerprint density at radius 2 is 2.03 bits per heavy atom. The maximum absolute atomic E-state index is 12.8. The number of amides is 1. The van der Waals surface area contributed by atoms with Gasteiger partial charge in [0.15, 0.2) is 16.7 Å². The number of aromatic nitrogens is 3. The molecule has 8 nitrogen and oxygen atoms in total. The quantitative estimate of drug-likeness (QED) is 0.550. The largest absolute Gasteiger partial charge is 0.493 e. The van der Waals surface area contributed by atoms with Crippen molar-refractivity contribution in [2.24, 2.45) is 0 Å². The number of rotatable bonds is 7. The minimum atomic E-state index is 0.0722. The summed E-state index contributed by atoms with van der Waals surface area (Å²) in [6.07, 6.45) is 4.07. The molecule has 0 saturated heterocycles. The Bertz CT molecular complexity index is 987. The van der Waals surface area contributed by atoms with E-state index in [1.165, 1.54) is 17.3 Å². The Balaban J connectivity index is 1.39. The summed E-state index contributed by atoms with van der Waals surface area (Å²) in [5.41, 5.74) is 2.28. The van der Waals surface area contributed by atoms with Gasteiger partial charge >= 0.3 is 0 Å². The van der Waals surface area contributed by atoms with E-state index in [0.717, 1.165) is 23.5 Å². The summed E-state index contributed by atoms with van der Waals surface area (Å²) < 4.78 is 18.0.